The molecule has 1 aliphatic rings. The van der Waals surface area contributed by atoms with Gasteiger partial charge in [-0.2, -0.15) is 0 Å². The average molecular weight is 327 g/mol. The summed E-state index contributed by atoms with van der Waals surface area (Å²) in [5.74, 6) is -0.107. The largest absolute Gasteiger partial charge is 0.348 e. The maximum atomic E-state index is 12.2. The molecule has 0 saturated carbocycles. The lowest BCUT2D eigenvalue weighted by Crippen LogP contribution is -2.45. The van der Waals surface area contributed by atoms with Crippen molar-refractivity contribution in [1.82, 2.24) is 15.5 Å². The van der Waals surface area contributed by atoms with E-state index in [0.717, 1.165) is 25.9 Å². The minimum Gasteiger partial charge on any atom is -0.348 e. The zero-order valence-electron chi connectivity index (χ0n) is 12.9. The fourth-order valence-corrected chi connectivity index (χ4v) is 2.22. The van der Waals surface area contributed by atoms with Gasteiger partial charge in [0.25, 0.3) is 5.91 Å². The maximum absolute atomic E-state index is 12.2. The summed E-state index contributed by atoms with van der Waals surface area (Å²) in [6.45, 7) is 1.82. The Hall–Kier alpha value is -1.79. The number of amides is 3. The molecule has 0 radical (unpaired) electrons. The standard InChI is InChI=1S/C15H22N4O2.ClH/c1-19(2)15(21)18-12-6-3-5-11(9-12)14(20)17-13-7-4-8-16-10-13;/h3,5-6,9,13,16H,4,7-8,10H2,1-2H3,(H,17,20)(H,18,21);1H. The van der Waals surface area contributed by atoms with Crippen molar-refractivity contribution in [2.45, 2.75) is 18.9 Å². The molecule has 1 atom stereocenters. The molecule has 22 heavy (non-hydrogen) atoms. The molecule has 0 aromatic heterocycles. The van der Waals surface area contributed by atoms with Crippen LogP contribution in [0.2, 0.25) is 0 Å². The van der Waals surface area contributed by atoms with Crippen LogP contribution in [0.3, 0.4) is 0 Å². The second-order valence-electron chi connectivity index (χ2n) is 5.42. The number of hydrogen-bond donors (Lipinski definition) is 3. The summed E-state index contributed by atoms with van der Waals surface area (Å²) in [4.78, 5) is 25.3. The smallest absolute Gasteiger partial charge is 0.321 e. The van der Waals surface area contributed by atoms with Gasteiger partial charge < -0.3 is 20.9 Å². The molecule has 3 amide bonds. The van der Waals surface area contributed by atoms with Crippen molar-refractivity contribution in [1.29, 1.82) is 0 Å². The number of rotatable bonds is 3. The molecule has 0 spiro atoms. The Labute approximate surface area is 137 Å². The molecule has 1 fully saturated rings. The third-order valence-corrected chi connectivity index (χ3v) is 3.41. The van der Waals surface area contributed by atoms with Gasteiger partial charge in [0.15, 0.2) is 0 Å². The summed E-state index contributed by atoms with van der Waals surface area (Å²) in [5.41, 5.74) is 1.17. The Morgan fingerprint density at radius 1 is 1.32 bits per heavy atom. The van der Waals surface area contributed by atoms with Crippen molar-refractivity contribution in [3.05, 3.63) is 29.8 Å². The van der Waals surface area contributed by atoms with Crippen molar-refractivity contribution in [3.8, 4) is 0 Å². The molecule has 1 heterocycles. The van der Waals surface area contributed by atoms with E-state index in [1.165, 1.54) is 4.90 Å². The van der Waals surface area contributed by atoms with Gasteiger partial charge in [0, 0.05) is 37.9 Å². The van der Waals surface area contributed by atoms with Crippen LogP contribution in [0.15, 0.2) is 24.3 Å². The molecular weight excluding hydrogens is 304 g/mol. The van der Waals surface area contributed by atoms with Gasteiger partial charge in [-0.1, -0.05) is 6.07 Å². The lowest BCUT2D eigenvalue weighted by molar-refractivity contribution is 0.0930. The highest BCUT2D eigenvalue weighted by atomic mass is 35.5. The van der Waals surface area contributed by atoms with Crippen LogP contribution in [0.5, 0.6) is 0 Å². The Balaban J connectivity index is 0.00000242. The van der Waals surface area contributed by atoms with E-state index in [-0.39, 0.29) is 30.4 Å². The van der Waals surface area contributed by atoms with Crippen molar-refractivity contribution < 1.29 is 9.59 Å². The predicted molar refractivity (Wildman–Crippen MR) is 89.8 cm³/mol. The third-order valence-electron chi connectivity index (χ3n) is 3.41. The number of carbonyl (C=O) groups is 2. The van der Waals surface area contributed by atoms with E-state index in [0.29, 0.717) is 11.3 Å². The number of hydrogen-bond acceptors (Lipinski definition) is 3. The maximum Gasteiger partial charge on any atom is 0.321 e. The molecule has 0 bridgehead atoms. The zero-order chi connectivity index (χ0) is 15.2. The average Bonchev–Trinajstić information content (AvgIpc) is 2.48. The Morgan fingerprint density at radius 3 is 2.73 bits per heavy atom. The third kappa shape index (κ3) is 5.20. The Kier molecular flexibility index (Phi) is 7.14. The van der Waals surface area contributed by atoms with Crippen LogP contribution in [0.25, 0.3) is 0 Å². The van der Waals surface area contributed by atoms with E-state index < -0.39 is 0 Å². The van der Waals surface area contributed by atoms with E-state index in [9.17, 15) is 9.59 Å². The number of urea groups is 1. The Bertz CT molecular complexity index is 516. The second kappa shape index (κ2) is 8.60. The minimum atomic E-state index is -0.218. The molecule has 0 aliphatic carbocycles. The molecule has 1 unspecified atom stereocenters. The van der Waals surface area contributed by atoms with Crippen LogP contribution in [-0.4, -0.2) is 50.1 Å². The first kappa shape index (κ1) is 18.3. The van der Waals surface area contributed by atoms with Gasteiger partial charge in [-0.25, -0.2) is 4.79 Å². The fraction of sp³-hybridized carbons (Fsp3) is 0.467. The van der Waals surface area contributed by atoms with Crippen LogP contribution in [0.4, 0.5) is 10.5 Å². The SMILES string of the molecule is CN(C)C(=O)Nc1cccc(C(=O)NC2CCCNC2)c1.Cl. The van der Waals surface area contributed by atoms with Crippen LogP contribution in [-0.2, 0) is 0 Å². The molecule has 1 aromatic rings. The molecule has 1 saturated heterocycles. The number of piperidine rings is 1. The summed E-state index contributed by atoms with van der Waals surface area (Å²) < 4.78 is 0. The second-order valence-corrected chi connectivity index (χ2v) is 5.42. The first-order valence-corrected chi connectivity index (χ1v) is 7.16. The van der Waals surface area contributed by atoms with Gasteiger partial charge in [0.1, 0.15) is 0 Å². The van der Waals surface area contributed by atoms with Gasteiger partial charge >= 0.3 is 6.03 Å². The van der Waals surface area contributed by atoms with Crippen molar-refractivity contribution in [2.24, 2.45) is 0 Å². The van der Waals surface area contributed by atoms with E-state index in [1.807, 2.05) is 0 Å². The number of anilines is 1. The monoisotopic (exact) mass is 326 g/mol. The highest BCUT2D eigenvalue weighted by molar-refractivity contribution is 5.97. The lowest BCUT2D eigenvalue weighted by Gasteiger charge is -2.23. The zero-order valence-corrected chi connectivity index (χ0v) is 13.7. The Morgan fingerprint density at radius 2 is 2.09 bits per heavy atom. The predicted octanol–water partition coefficient (Wildman–Crippen LogP) is 1.68. The summed E-state index contributed by atoms with van der Waals surface area (Å²) in [5, 5.41) is 9.01. The minimum absolute atomic E-state index is 0. The summed E-state index contributed by atoms with van der Waals surface area (Å²) in [6, 6.07) is 6.92. The normalized spacial score (nSPS) is 17.1. The van der Waals surface area contributed by atoms with Gasteiger partial charge in [-0.15, -0.1) is 12.4 Å². The first-order chi connectivity index (χ1) is 10.1. The number of carbonyl (C=O) groups excluding carboxylic acids is 2. The van der Waals surface area contributed by atoms with Crippen molar-refractivity contribution >= 4 is 30.0 Å². The number of benzene rings is 1. The summed E-state index contributed by atoms with van der Waals surface area (Å²) >= 11 is 0. The molecule has 2 rings (SSSR count). The molecule has 1 aromatic carbocycles. The van der Waals surface area contributed by atoms with Crippen LogP contribution in [0.1, 0.15) is 23.2 Å². The molecular formula is C15H23ClN4O2. The highest BCUT2D eigenvalue weighted by Crippen LogP contribution is 2.12. The number of nitrogens with one attached hydrogen (secondary N) is 3. The van der Waals surface area contributed by atoms with Crippen LogP contribution in [0, 0.1) is 0 Å². The summed E-state index contributed by atoms with van der Waals surface area (Å²) in [6.07, 6.45) is 2.07. The van der Waals surface area contributed by atoms with E-state index in [2.05, 4.69) is 16.0 Å². The number of nitrogens with zero attached hydrogens (tertiary/aromatic N) is 1. The van der Waals surface area contributed by atoms with Gasteiger partial charge in [0.2, 0.25) is 0 Å². The topological polar surface area (TPSA) is 73.5 Å². The van der Waals surface area contributed by atoms with E-state index in [1.54, 1.807) is 38.4 Å². The van der Waals surface area contributed by atoms with Gasteiger partial charge in [-0.05, 0) is 37.6 Å². The van der Waals surface area contributed by atoms with Crippen molar-refractivity contribution in [3.63, 3.8) is 0 Å². The lowest BCUT2D eigenvalue weighted by atomic mass is 10.1. The summed E-state index contributed by atoms with van der Waals surface area (Å²) in [7, 11) is 3.34. The molecule has 7 heteroatoms. The highest BCUT2D eigenvalue weighted by Gasteiger charge is 2.16. The van der Waals surface area contributed by atoms with Crippen molar-refractivity contribution in [2.75, 3.05) is 32.5 Å². The molecule has 6 nitrogen and oxygen atoms in total. The molecule has 3 N–H and O–H groups in total. The van der Waals surface area contributed by atoms with E-state index >= 15 is 0 Å². The molecule has 1 aliphatic heterocycles. The van der Waals surface area contributed by atoms with Gasteiger partial charge in [0.05, 0.1) is 0 Å². The first-order valence-electron chi connectivity index (χ1n) is 7.16. The van der Waals surface area contributed by atoms with E-state index in [4.69, 9.17) is 0 Å². The number of halogens is 1. The quantitative estimate of drug-likeness (QED) is 0.791. The fourth-order valence-electron chi connectivity index (χ4n) is 2.22. The molecule has 122 valence electrons. The van der Waals surface area contributed by atoms with Crippen LogP contribution >= 0.6 is 12.4 Å². The van der Waals surface area contributed by atoms with Gasteiger partial charge in [-0.3, -0.25) is 4.79 Å². The van der Waals surface area contributed by atoms with Crippen LogP contribution < -0.4 is 16.0 Å².